The summed E-state index contributed by atoms with van der Waals surface area (Å²) >= 11 is 6.05. The van der Waals surface area contributed by atoms with E-state index in [-0.39, 0.29) is 0 Å². The molecule has 106 valence electrons. The molecule has 1 aromatic carbocycles. The summed E-state index contributed by atoms with van der Waals surface area (Å²) in [6.45, 7) is 1.98. The van der Waals surface area contributed by atoms with Gasteiger partial charge in [-0.1, -0.05) is 17.7 Å². The standard InChI is InChI=1S/C17H11ClN4/c1-11-2-3-15(20-9-11)17-7-16(21-10-22-17)13-4-12(8-19)5-14(18)6-13/h2-7,9-10H,1H3. The van der Waals surface area contributed by atoms with Gasteiger partial charge in [-0.3, -0.25) is 4.98 Å². The number of aromatic nitrogens is 3. The highest BCUT2D eigenvalue weighted by molar-refractivity contribution is 6.31. The lowest BCUT2D eigenvalue weighted by atomic mass is 10.1. The van der Waals surface area contributed by atoms with Gasteiger partial charge in [0.15, 0.2) is 0 Å². The smallest absolute Gasteiger partial charge is 0.116 e. The Kier molecular flexibility index (Phi) is 3.82. The number of rotatable bonds is 2. The second-order valence-corrected chi connectivity index (χ2v) is 5.29. The normalized spacial score (nSPS) is 10.2. The van der Waals surface area contributed by atoms with E-state index >= 15 is 0 Å². The molecule has 0 aliphatic heterocycles. The van der Waals surface area contributed by atoms with Crippen molar-refractivity contribution in [3.05, 3.63) is 65.1 Å². The van der Waals surface area contributed by atoms with E-state index in [4.69, 9.17) is 16.9 Å². The van der Waals surface area contributed by atoms with Crippen LogP contribution in [0.25, 0.3) is 22.6 Å². The Morgan fingerprint density at radius 1 is 0.955 bits per heavy atom. The van der Waals surface area contributed by atoms with Gasteiger partial charge in [0.05, 0.1) is 28.7 Å². The molecule has 0 unspecified atom stereocenters. The molecule has 0 saturated carbocycles. The first-order valence-electron chi connectivity index (χ1n) is 6.62. The van der Waals surface area contributed by atoms with Crippen LogP contribution in [0.5, 0.6) is 0 Å². The fraction of sp³-hybridized carbons (Fsp3) is 0.0588. The fourth-order valence-corrected chi connectivity index (χ4v) is 2.31. The molecule has 0 spiro atoms. The molecule has 0 radical (unpaired) electrons. The molecule has 3 rings (SSSR count). The Morgan fingerprint density at radius 3 is 2.50 bits per heavy atom. The maximum absolute atomic E-state index is 9.04. The van der Waals surface area contributed by atoms with Crippen LogP contribution in [0.2, 0.25) is 5.02 Å². The lowest BCUT2D eigenvalue weighted by molar-refractivity contribution is 1.15. The second kappa shape index (κ2) is 5.92. The third-order valence-electron chi connectivity index (χ3n) is 3.16. The van der Waals surface area contributed by atoms with Crippen molar-refractivity contribution < 1.29 is 0 Å². The Morgan fingerprint density at radius 2 is 1.77 bits per heavy atom. The zero-order valence-corrected chi connectivity index (χ0v) is 12.5. The zero-order valence-electron chi connectivity index (χ0n) is 11.8. The van der Waals surface area contributed by atoms with Crippen molar-refractivity contribution in [3.63, 3.8) is 0 Å². The first-order valence-corrected chi connectivity index (χ1v) is 6.99. The van der Waals surface area contributed by atoms with Crippen LogP contribution in [-0.4, -0.2) is 15.0 Å². The number of benzene rings is 1. The monoisotopic (exact) mass is 306 g/mol. The Bertz CT molecular complexity index is 867. The van der Waals surface area contributed by atoms with Gasteiger partial charge in [0, 0.05) is 16.8 Å². The van der Waals surface area contributed by atoms with E-state index in [2.05, 4.69) is 21.0 Å². The van der Waals surface area contributed by atoms with Gasteiger partial charge in [-0.15, -0.1) is 0 Å². The maximum Gasteiger partial charge on any atom is 0.116 e. The van der Waals surface area contributed by atoms with E-state index in [1.54, 1.807) is 24.4 Å². The summed E-state index contributed by atoms with van der Waals surface area (Å²) in [5, 5.41) is 9.54. The highest BCUT2D eigenvalue weighted by Crippen LogP contribution is 2.25. The SMILES string of the molecule is Cc1ccc(-c2cc(-c3cc(Cl)cc(C#N)c3)ncn2)nc1. The minimum absolute atomic E-state index is 0.496. The molecule has 0 fully saturated rings. The van der Waals surface area contributed by atoms with Crippen molar-refractivity contribution in [1.82, 2.24) is 15.0 Å². The van der Waals surface area contributed by atoms with Crippen LogP contribution in [0.4, 0.5) is 0 Å². The average molecular weight is 307 g/mol. The number of hydrogen-bond acceptors (Lipinski definition) is 4. The van der Waals surface area contributed by atoms with Gasteiger partial charge in [0.1, 0.15) is 6.33 Å². The Hall–Kier alpha value is -2.77. The number of halogens is 1. The van der Waals surface area contributed by atoms with E-state index < -0.39 is 0 Å². The Labute approximate surface area is 133 Å². The average Bonchev–Trinajstić information content (AvgIpc) is 2.55. The largest absolute Gasteiger partial charge is 0.254 e. The predicted molar refractivity (Wildman–Crippen MR) is 85.2 cm³/mol. The highest BCUT2D eigenvalue weighted by atomic mass is 35.5. The summed E-state index contributed by atoms with van der Waals surface area (Å²) in [7, 11) is 0. The van der Waals surface area contributed by atoms with Crippen LogP contribution in [0.15, 0.2) is 48.9 Å². The molecule has 2 heterocycles. The molecule has 0 atom stereocenters. The van der Waals surface area contributed by atoms with Gasteiger partial charge in [-0.25, -0.2) is 9.97 Å². The van der Waals surface area contributed by atoms with E-state index in [1.807, 2.05) is 25.1 Å². The summed E-state index contributed by atoms with van der Waals surface area (Å²) < 4.78 is 0. The number of pyridine rings is 1. The zero-order chi connectivity index (χ0) is 15.5. The van der Waals surface area contributed by atoms with Gasteiger partial charge in [-0.05, 0) is 42.8 Å². The molecule has 0 aliphatic rings. The summed E-state index contributed by atoms with van der Waals surface area (Å²) in [4.78, 5) is 12.9. The van der Waals surface area contributed by atoms with Crippen molar-refractivity contribution in [1.29, 1.82) is 5.26 Å². The van der Waals surface area contributed by atoms with E-state index in [1.165, 1.54) is 6.33 Å². The molecule has 0 N–H and O–H groups in total. The van der Waals surface area contributed by atoms with E-state index in [0.29, 0.717) is 16.3 Å². The Balaban J connectivity index is 2.06. The highest BCUT2D eigenvalue weighted by Gasteiger charge is 2.07. The summed E-state index contributed by atoms with van der Waals surface area (Å²) in [5.74, 6) is 0. The van der Waals surface area contributed by atoms with E-state index in [0.717, 1.165) is 22.5 Å². The van der Waals surface area contributed by atoms with Crippen molar-refractivity contribution in [2.45, 2.75) is 6.92 Å². The van der Waals surface area contributed by atoms with E-state index in [9.17, 15) is 0 Å². The van der Waals surface area contributed by atoms with Crippen LogP contribution in [0, 0.1) is 18.3 Å². The molecule has 0 aliphatic carbocycles. The molecule has 5 heteroatoms. The van der Waals surface area contributed by atoms with Crippen molar-refractivity contribution in [2.75, 3.05) is 0 Å². The van der Waals surface area contributed by atoms with Crippen LogP contribution in [0.3, 0.4) is 0 Å². The van der Waals surface area contributed by atoms with Crippen molar-refractivity contribution in [3.8, 4) is 28.7 Å². The van der Waals surface area contributed by atoms with Crippen LogP contribution < -0.4 is 0 Å². The second-order valence-electron chi connectivity index (χ2n) is 4.85. The number of nitrogens with zero attached hydrogens (tertiary/aromatic N) is 4. The van der Waals surface area contributed by atoms with Gasteiger partial charge in [-0.2, -0.15) is 5.26 Å². The summed E-state index contributed by atoms with van der Waals surface area (Å²) in [6, 6.07) is 13.0. The first-order chi connectivity index (χ1) is 10.7. The number of nitriles is 1. The lowest BCUT2D eigenvalue weighted by Gasteiger charge is -2.05. The third kappa shape index (κ3) is 2.95. The quantitative estimate of drug-likeness (QED) is 0.717. The van der Waals surface area contributed by atoms with Gasteiger partial charge < -0.3 is 0 Å². The molecule has 0 bridgehead atoms. The first kappa shape index (κ1) is 14.2. The number of hydrogen-bond donors (Lipinski definition) is 0. The van der Waals surface area contributed by atoms with Crippen molar-refractivity contribution >= 4 is 11.6 Å². The third-order valence-corrected chi connectivity index (χ3v) is 3.38. The molecule has 4 nitrogen and oxygen atoms in total. The van der Waals surface area contributed by atoms with Crippen LogP contribution >= 0.6 is 11.6 Å². The van der Waals surface area contributed by atoms with Gasteiger partial charge in [0.25, 0.3) is 0 Å². The molecule has 3 aromatic rings. The van der Waals surface area contributed by atoms with Crippen LogP contribution in [0.1, 0.15) is 11.1 Å². The minimum atomic E-state index is 0.496. The fourth-order valence-electron chi connectivity index (χ4n) is 2.08. The number of aryl methyl sites for hydroxylation is 1. The summed E-state index contributed by atoms with van der Waals surface area (Å²) in [5.41, 5.74) is 4.56. The molecular weight excluding hydrogens is 296 g/mol. The maximum atomic E-state index is 9.04. The van der Waals surface area contributed by atoms with Gasteiger partial charge in [0.2, 0.25) is 0 Å². The molecule has 0 saturated heterocycles. The molecule has 2 aromatic heterocycles. The minimum Gasteiger partial charge on any atom is -0.254 e. The molecule has 0 amide bonds. The molecular formula is C17H11ClN4. The topological polar surface area (TPSA) is 62.5 Å². The summed E-state index contributed by atoms with van der Waals surface area (Å²) in [6.07, 6.45) is 3.28. The lowest BCUT2D eigenvalue weighted by Crippen LogP contribution is -1.92. The molecule has 22 heavy (non-hydrogen) atoms. The predicted octanol–water partition coefficient (Wildman–Crippen LogP) is 4.04. The van der Waals surface area contributed by atoms with Crippen molar-refractivity contribution in [2.24, 2.45) is 0 Å². The van der Waals surface area contributed by atoms with Crippen LogP contribution in [-0.2, 0) is 0 Å². The van der Waals surface area contributed by atoms with Gasteiger partial charge >= 0.3 is 0 Å².